The molecule has 0 spiro atoms. The van der Waals surface area contributed by atoms with Gasteiger partial charge in [-0.25, -0.2) is 0 Å². The molecule has 0 unspecified atom stereocenters. The van der Waals surface area contributed by atoms with Crippen molar-refractivity contribution in [1.29, 1.82) is 0 Å². The van der Waals surface area contributed by atoms with Gasteiger partial charge in [-0.15, -0.1) is 0 Å². The number of ether oxygens (including phenoxy) is 2. The molecule has 1 aliphatic carbocycles. The average molecular weight is 262 g/mol. The molecule has 0 bridgehead atoms. The zero-order valence-electron chi connectivity index (χ0n) is 11.6. The monoisotopic (exact) mass is 262 g/mol. The summed E-state index contributed by atoms with van der Waals surface area (Å²) in [4.78, 5) is 11.2. The van der Waals surface area contributed by atoms with E-state index in [-0.39, 0.29) is 5.97 Å². The van der Waals surface area contributed by atoms with Crippen LogP contribution in [0.1, 0.15) is 44.1 Å². The fraction of sp³-hybridized carbons (Fsp3) is 0.562. The molecule has 1 aromatic rings. The Hall–Kier alpha value is -1.51. The number of rotatable bonds is 4. The molecule has 1 fully saturated rings. The predicted molar refractivity (Wildman–Crippen MR) is 74.3 cm³/mol. The fourth-order valence-corrected chi connectivity index (χ4v) is 2.48. The van der Waals surface area contributed by atoms with Crippen LogP contribution in [0, 0.1) is 0 Å². The zero-order valence-corrected chi connectivity index (χ0v) is 11.6. The second-order valence-corrected chi connectivity index (χ2v) is 5.13. The average Bonchev–Trinajstić information content (AvgIpc) is 2.69. The van der Waals surface area contributed by atoms with Crippen molar-refractivity contribution in [3.05, 3.63) is 29.8 Å². The van der Waals surface area contributed by atoms with Crippen molar-refractivity contribution >= 4 is 5.97 Å². The first-order chi connectivity index (χ1) is 9.28. The van der Waals surface area contributed by atoms with Gasteiger partial charge in [0.2, 0.25) is 0 Å². The van der Waals surface area contributed by atoms with E-state index in [2.05, 4.69) is 4.74 Å². The first-order valence-corrected chi connectivity index (χ1v) is 7.10. The minimum absolute atomic E-state index is 0.211. The summed E-state index contributed by atoms with van der Waals surface area (Å²) in [6, 6.07) is 7.76. The number of methoxy groups -OCH3 is 1. The van der Waals surface area contributed by atoms with E-state index in [4.69, 9.17) is 4.74 Å². The smallest absolute Gasteiger partial charge is 0.309 e. The highest BCUT2D eigenvalue weighted by Gasteiger charge is 2.13. The highest BCUT2D eigenvalue weighted by Crippen LogP contribution is 2.23. The van der Waals surface area contributed by atoms with Gasteiger partial charge in [-0.05, 0) is 43.4 Å². The van der Waals surface area contributed by atoms with Crippen molar-refractivity contribution in [3.8, 4) is 5.75 Å². The Bertz CT molecular complexity index is 389. The van der Waals surface area contributed by atoms with E-state index in [1.165, 1.54) is 32.8 Å². The van der Waals surface area contributed by atoms with Crippen molar-refractivity contribution in [2.45, 2.75) is 51.0 Å². The highest BCUT2D eigenvalue weighted by molar-refractivity contribution is 5.72. The second-order valence-electron chi connectivity index (χ2n) is 5.13. The molecule has 1 aliphatic rings. The third-order valence-electron chi connectivity index (χ3n) is 3.60. The maximum absolute atomic E-state index is 11.2. The first kappa shape index (κ1) is 13.9. The molecule has 3 heteroatoms. The molecule has 0 heterocycles. The molecular formula is C16H22O3. The minimum Gasteiger partial charge on any atom is -0.490 e. The maximum Gasteiger partial charge on any atom is 0.309 e. The van der Waals surface area contributed by atoms with Crippen LogP contribution in [-0.2, 0) is 16.0 Å². The molecule has 1 aromatic carbocycles. The Labute approximate surface area is 114 Å². The molecule has 0 atom stereocenters. The lowest BCUT2D eigenvalue weighted by molar-refractivity contribution is -0.139. The molecule has 104 valence electrons. The molecular weight excluding hydrogens is 240 g/mol. The van der Waals surface area contributed by atoms with Crippen LogP contribution in [-0.4, -0.2) is 19.2 Å². The van der Waals surface area contributed by atoms with Crippen LogP contribution in [0.3, 0.4) is 0 Å². The summed E-state index contributed by atoms with van der Waals surface area (Å²) < 4.78 is 10.7. The van der Waals surface area contributed by atoms with Crippen LogP contribution in [0.15, 0.2) is 24.3 Å². The Kier molecular flexibility index (Phi) is 5.25. The van der Waals surface area contributed by atoms with E-state index >= 15 is 0 Å². The van der Waals surface area contributed by atoms with Gasteiger partial charge in [0.15, 0.2) is 0 Å². The van der Waals surface area contributed by atoms with Crippen molar-refractivity contribution in [2.24, 2.45) is 0 Å². The molecule has 0 radical (unpaired) electrons. The summed E-state index contributed by atoms with van der Waals surface area (Å²) in [6.07, 6.45) is 8.19. The summed E-state index contributed by atoms with van der Waals surface area (Å²) in [5.41, 5.74) is 0.958. The normalized spacial score (nSPS) is 16.7. The lowest BCUT2D eigenvalue weighted by atomic mass is 10.1. The molecule has 0 aliphatic heterocycles. The molecule has 0 amide bonds. The molecule has 0 aromatic heterocycles. The van der Waals surface area contributed by atoms with Crippen molar-refractivity contribution in [3.63, 3.8) is 0 Å². The van der Waals surface area contributed by atoms with E-state index in [0.717, 1.165) is 24.2 Å². The second kappa shape index (κ2) is 7.17. The van der Waals surface area contributed by atoms with Gasteiger partial charge in [-0.1, -0.05) is 25.0 Å². The van der Waals surface area contributed by atoms with E-state index in [1.54, 1.807) is 0 Å². The third kappa shape index (κ3) is 4.58. The third-order valence-corrected chi connectivity index (χ3v) is 3.60. The van der Waals surface area contributed by atoms with Gasteiger partial charge in [0.1, 0.15) is 5.75 Å². The number of esters is 1. The fourth-order valence-electron chi connectivity index (χ4n) is 2.48. The Morgan fingerprint density at radius 3 is 2.32 bits per heavy atom. The Morgan fingerprint density at radius 1 is 1.11 bits per heavy atom. The molecule has 3 nitrogen and oxygen atoms in total. The SMILES string of the molecule is COC(=O)Cc1ccc(OC2CCCCCC2)cc1. The lowest BCUT2D eigenvalue weighted by Crippen LogP contribution is -2.15. The van der Waals surface area contributed by atoms with E-state index in [1.807, 2.05) is 24.3 Å². The van der Waals surface area contributed by atoms with Gasteiger partial charge in [0.05, 0.1) is 19.6 Å². The van der Waals surface area contributed by atoms with E-state index < -0.39 is 0 Å². The largest absolute Gasteiger partial charge is 0.490 e. The van der Waals surface area contributed by atoms with Crippen LogP contribution in [0.25, 0.3) is 0 Å². The topological polar surface area (TPSA) is 35.5 Å². The van der Waals surface area contributed by atoms with Crippen LogP contribution in [0.2, 0.25) is 0 Å². The summed E-state index contributed by atoms with van der Waals surface area (Å²) in [5.74, 6) is 0.693. The number of benzene rings is 1. The summed E-state index contributed by atoms with van der Waals surface area (Å²) >= 11 is 0. The summed E-state index contributed by atoms with van der Waals surface area (Å²) in [5, 5.41) is 0. The molecule has 0 saturated heterocycles. The van der Waals surface area contributed by atoms with E-state index in [0.29, 0.717) is 12.5 Å². The van der Waals surface area contributed by atoms with Crippen molar-refractivity contribution in [2.75, 3.05) is 7.11 Å². The standard InChI is InChI=1S/C16H22O3/c1-18-16(17)12-13-8-10-15(11-9-13)19-14-6-4-2-3-5-7-14/h8-11,14H,2-7,12H2,1H3. The van der Waals surface area contributed by atoms with Crippen LogP contribution >= 0.6 is 0 Å². The minimum atomic E-state index is -0.211. The molecule has 0 N–H and O–H groups in total. The van der Waals surface area contributed by atoms with Gasteiger partial charge in [0.25, 0.3) is 0 Å². The van der Waals surface area contributed by atoms with Crippen LogP contribution in [0.5, 0.6) is 5.75 Å². The van der Waals surface area contributed by atoms with Gasteiger partial charge in [-0.2, -0.15) is 0 Å². The van der Waals surface area contributed by atoms with Gasteiger partial charge < -0.3 is 9.47 Å². The van der Waals surface area contributed by atoms with Crippen molar-refractivity contribution < 1.29 is 14.3 Å². The number of carbonyl (C=O) groups is 1. The highest BCUT2D eigenvalue weighted by atomic mass is 16.5. The summed E-state index contributed by atoms with van der Waals surface area (Å²) in [6.45, 7) is 0. The van der Waals surface area contributed by atoms with Crippen molar-refractivity contribution in [1.82, 2.24) is 0 Å². The van der Waals surface area contributed by atoms with Crippen LogP contribution < -0.4 is 4.74 Å². The lowest BCUT2D eigenvalue weighted by Gasteiger charge is -2.17. The predicted octanol–water partition coefficient (Wildman–Crippen LogP) is 3.50. The van der Waals surface area contributed by atoms with Gasteiger partial charge in [-0.3, -0.25) is 4.79 Å². The van der Waals surface area contributed by atoms with Gasteiger partial charge >= 0.3 is 5.97 Å². The van der Waals surface area contributed by atoms with Gasteiger partial charge in [0, 0.05) is 0 Å². The Balaban J connectivity index is 1.88. The first-order valence-electron chi connectivity index (χ1n) is 7.10. The number of hydrogen-bond donors (Lipinski definition) is 0. The van der Waals surface area contributed by atoms with Crippen LogP contribution in [0.4, 0.5) is 0 Å². The molecule has 1 saturated carbocycles. The Morgan fingerprint density at radius 2 is 1.74 bits per heavy atom. The molecule has 2 rings (SSSR count). The number of carbonyl (C=O) groups excluding carboxylic acids is 1. The zero-order chi connectivity index (χ0) is 13.5. The summed E-state index contributed by atoms with van der Waals surface area (Å²) in [7, 11) is 1.41. The number of hydrogen-bond acceptors (Lipinski definition) is 3. The molecule has 19 heavy (non-hydrogen) atoms. The quantitative estimate of drug-likeness (QED) is 0.615. The van der Waals surface area contributed by atoms with E-state index in [9.17, 15) is 4.79 Å². The maximum atomic E-state index is 11.2.